The van der Waals surface area contributed by atoms with Crippen LogP contribution in [0.5, 0.6) is 0 Å². The lowest BCUT2D eigenvalue weighted by atomic mass is 10.3. The third-order valence-corrected chi connectivity index (χ3v) is 1.22. The van der Waals surface area contributed by atoms with E-state index < -0.39 is 5.91 Å². The fourth-order valence-corrected chi connectivity index (χ4v) is 0.450. The van der Waals surface area contributed by atoms with E-state index in [0.717, 1.165) is 6.42 Å². The van der Waals surface area contributed by atoms with Gasteiger partial charge >= 0.3 is 0 Å². The van der Waals surface area contributed by atoms with E-state index in [0.29, 0.717) is 12.2 Å². The van der Waals surface area contributed by atoms with Crippen LogP contribution in [0.25, 0.3) is 0 Å². The molecule has 0 aromatic rings. The minimum Gasteiger partial charge on any atom is -0.366 e. The Morgan fingerprint density at radius 1 is 1.50 bits per heavy atom. The van der Waals surface area contributed by atoms with E-state index >= 15 is 0 Å². The van der Waals surface area contributed by atoms with E-state index in [2.05, 4.69) is 0 Å². The summed E-state index contributed by atoms with van der Waals surface area (Å²) in [6, 6.07) is 0. The molecule has 0 rings (SSSR count). The topological polar surface area (TPSA) is 61.6 Å². The van der Waals surface area contributed by atoms with Gasteiger partial charge in [-0.25, -0.2) is 9.78 Å². The third-order valence-electron chi connectivity index (χ3n) is 1.22. The van der Waals surface area contributed by atoms with Crippen LogP contribution in [0, 0.1) is 0 Å². The molecule has 1 amide bonds. The maximum absolute atomic E-state index is 10.5. The van der Waals surface area contributed by atoms with Crippen molar-refractivity contribution in [2.75, 3.05) is 13.2 Å². The largest absolute Gasteiger partial charge is 0.366 e. The van der Waals surface area contributed by atoms with Crippen molar-refractivity contribution in [1.29, 1.82) is 0 Å². The fraction of sp³-hybridized carbons (Fsp3) is 0.625. The van der Waals surface area contributed by atoms with E-state index in [-0.39, 0.29) is 6.61 Å². The zero-order valence-corrected chi connectivity index (χ0v) is 7.50. The van der Waals surface area contributed by atoms with E-state index in [4.69, 9.17) is 15.5 Å². The molecule has 12 heavy (non-hydrogen) atoms. The normalized spacial score (nSPS) is 11.7. The summed E-state index contributed by atoms with van der Waals surface area (Å²) in [7, 11) is 0. The second kappa shape index (κ2) is 6.82. The molecular weight excluding hydrogens is 158 g/mol. The predicted octanol–water partition coefficient (Wildman–Crippen LogP) is 0.776. The van der Waals surface area contributed by atoms with Gasteiger partial charge in [0.1, 0.15) is 6.61 Å². The Morgan fingerprint density at radius 2 is 2.17 bits per heavy atom. The summed E-state index contributed by atoms with van der Waals surface area (Å²) >= 11 is 0. The molecule has 0 aliphatic rings. The number of hydrogen-bond donors (Lipinski definition) is 1. The quantitative estimate of drug-likeness (QED) is 0.279. The molecule has 0 bridgehead atoms. The summed E-state index contributed by atoms with van der Waals surface area (Å²) in [5.74, 6) is -0.436. The Kier molecular flexibility index (Phi) is 6.32. The molecule has 0 aliphatic heterocycles. The van der Waals surface area contributed by atoms with Gasteiger partial charge in [-0.3, -0.25) is 4.79 Å². The molecular formula is C8H15NO3. The summed E-state index contributed by atoms with van der Waals surface area (Å²) in [5.41, 5.74) is 5.45. The summed E-state index contributed by atoms with van der Waals surface area (Å²) in [6.45, 7) is 4.43. The zero-order valence-electron chi connectivity index (χ0n) is 7.50. The van der Waals surface area contributed by atoms with Crippen molar-refractivity contribution in [3.05, 3.63) is 11.6 Å². The van der Waals surface area contributed by atoms with Crippen molar-refractivity contribution in [3.8, 4) is 0 Å². The Morgan fingerprint density at radius 3 is 2.67 bits per heavy atom. The van der Waals surface area contributed by atoms with Crippen molar-refractivity contribution in [2.45, 2.75) is 20.3 Å². The first-order valence-electron chi connectivity index (χ1n) is 3.89. The number of nitrogens with two attached hydrogens (primary N) is 1. The molecule has 0 saturated heterocycles. The van der Waals surface area contributed by atoms with E-state index in [1.54, 1.807) is 13.0 Å². The summed E-state index contributed by atoms with van der Waals surface area (Å²) < 4.78 is 0. The van der Waals surface area contributed by atoms with Gasteiger partial charge in [-0.15, -0.1) is 0 Å². The lowest BCUT2D eigenvalue weighted by Gasteiger charge is -1.99. The van der Waals surface area contributed by atoms with Crippen molar-refractivity contribution >= 4 is 5.91 Å². The van der Waals surface area contributed by atoms with Gasteiger partial charge < -0.3 is 5.73 Å². The van der Waals surface area contributed by atoms with Crippen LogP contribution < -0.4 is 5.73 Å². The molecule has 0 fully saturated rings. The first kappa shape index (κ1) is 11.1. The molecule has 0 radical (unpaired) electrons. The van der Waals surface area contributed by atoms with Crippen molar-refractivity contribution in [1.82, 2.24) is 0 Å². The van der Waals surface area contributed by atoms with Gasteiger partial charge in [-0.05, 0) is 19.4 Å². The van der Waals surface area contributed by atoms with Crippen LogP contribution in [-0.2, 0) is 14.6 Å². The lowest BCUT2D eigenvalue weighted by Crippen LogP contribution is -2.12. The molecule has 0 unspecified atom stereocenters. The highest BCUT2D eigenvalue weighted by Gasteiger charge is 1.94. The molecule has 4 nitrogen and oxygen atoms in total. The summed E-state index contributed by atoms with van der Waals surface area (Å²) in [5, 5.41) is 0. The average Bonchev–Trinajstić information content (AvgIpc) is 2.03. The minimum atomic E-state index is -0.436. The van der Waals surface area contributed by atoms with Crippen molar-refractivity contribution < 1.29 is 14.6 Å². The van der Waals surface area contributed by atoms with Crippen LogP contribution in [0.1, 0.15) is 20.3 Å². The summed E-state index contributed by atoms with van der Waals surface area (Å²) in [4.78, 5) is 19.9. The number of carbonyl (C=O) groups is 1. The predicted molar refractivity (Wildman–Crippen MR) is 45.1 cm³/mol. The summed E-state index contributed by atoms with van der Waals surface area (Å²) in [6.07, 6.45) is 2.48. The van der Waals surface area contributed by atoms with Gasteiger partial charge in [0.05, 0.1) is 6.61 Å². The molecule has 2 N–H and O–H groups in total. The Hall–Kier alpha value is -0.870. The van der Waals surface area contributed by atoms with Gasteiger partial charge in [0.2, 0.25) is 5.91 Å². The molecule has 0 spiro atoms. The monoisotopic (exact) mass is 173 g/mol. The third kappa shape index (κ3) is 5.88. The van der Waals surface area contributed by atoms with Crippen LogP contribution >= 0.6 is 0 Å². The molecule has 0 aromatic carbocycles. The second-order valence-corrected chi connectivity index (χ2v) is 2.36. The second-order valence-electron chi connectivity index (χ2n) is 2.36. The molecule has 4 heteroatoms. The maximum atomic E-state index is 10.5. The number of carbonyl (C=O) groups excluding carboxylic acids is 1. The van der Waals surface area contributed by atoms with Crippen LogP contribution in [0.2, 0.25) is 0 Å². The first-order chi connectivity index (χ1) is 5.68. The van der Waals surface area contributed by atoms with Crippen LogP contribution in [0.3, 0.4) is 0 Å². The highest BCUT2D eigenvalue weighted by atomic mass is 17.2. The average molecular weight is 173 g/mol. The SMILES string of the molecule is CCCOOCC=C(C)C(N)=O. The molecule has 0 atom stereocenters. The maximum Gasteiger partial charge on any atom is 0.244 e. The Labute approximate surface area is 72.3 Å². The van der Waals surface area contributed by atoms with E-state index in [1.807, 2.05) is 6.92 Å². The molecule has 0 aliphatic carbocycles. The van der Waals surface area contributed by atoms with Gasteiger partial charge in [-0.1, -0.05) is 6.92 Å². The van der Waals surface area contributed by atoms with Gasteiger partial charge in [0.15, 0.2) is 0 Å². The molecule has 70 valence electrons. The van der Waals surface area contributed by atoms with Crippen molar-refractivity contribution in [2.24, 2.45) is 5.73 Å². The Bertz CT molecular complexity index is 166. The number of hydrogen-bond acceptors (Lipinski definition) is 3. The van der Waals surface area contributed by atoms with E-state index in [9.17, 15) is 4.79 Å². The van der Waals surface area contributed by atoms with Gasteiger partial charge in [0, 0.05) is 5.57 Å². The van der Waals surface area contributed by atoms with Gasteiger partial charge in [-0.2, -0.15) is 0 Å². The highest BCUT2D eigenvalue weighted by Crippen LogP contribution is 1.91. The van der Waals surface area contributed by atoms with Crippen LogP contribution in [0.15, 0.2) is 11.6 Å². The highest BCUT2D eigenvalue weighted by molar-refractivity contribution is 5.91. The lowest BCUT2D eigenvalue weighted by molar-refractivity contribution is -0.286. The molecule has 0 saturated carbocycles. The smallest absolute Gasteiger partial charge is 0.244 e. The standard InChI is InChI=1S/C8H15NO3/c1-3-5-11-12-6-4-7(2)8(9)10/h4H,3,5-6H2,1-2H3,(H2,9,10). The van der Waals surface area contributed by atoms with Gasteiger partial charge in [0.25, 0.3) is 0 Å². The molecule has 0 aromatic heterocycles. The van der Waals surface area contributed by atoms with Crippen LogP contribution in [0.4, 0.5) is 0 Å². The number of primary amides is 1. The van der Waals surface area contributed by atoms with Crippen LogP contribution in [-0.4, -0.2) is 19.1 Å². The Balaban J connectivity index is 3.40. The first-order valence-corrected chi connectivity index (χ1v) is 3.89. The van der Waals surface area contributed by atoms with E-state index in [1.165, 1.54) is 0 Å². The fourth-order valence-electron chi connectivity index (χ4n) is 0.450. The molecule has 0 heterocycles. The number of rotatable bonds is 6. The number of amides is 1. The van der Waals surface area contributed by atoms with Crippen molar-refractivity contribution in [3.63, 3.8) is 0 Å². The minimum absolute atomic E-state index is 0.259. The zero-order chi connectivity index (χ0) is 9.40.